The summed E-state index contributed by atoms with van der Waals surface area (Å²) in [5.74, 6) is 0.271. The van der Waals surface area contributed by atoms with Gasteiger partial charge in [0, 0.05) is 17.8 Å². The average Bonchev–Trinajstić information content (AvgIpc) is 3.31. The van der Waals surface area contributed by atoms with E-state index in [1.807, 2.05) is 13.8 Å². The first-order valence-electron chi connectivity index (χ1n) is 10.3. The molecule has 0 spiro atoms. The third-order valence-electron chi connectivity index (χ3n) is 6.52. The van der Waals surface area contributed by atoms with Crippen molar-refractivity contribution in [2.24, 2.45) is 0 Å². The SMILES string of the molecule is CC1(C)CCc2cc(NC(=O)[C@@H]3c4ccc5c(c4CCN3C(=O)O)OCO5)cc(F)c21. The Bertz CT molecular complexity index is 1110. The van der Waals surface area contributed by atoms with E-state index < -0.39 is 18.0 Å². The molecule has 5 rings (SSSR count). The highest BCUT2D eigenvalue weighted by molar-refractivity contribution is 5.98. The fourth-order valence-electron chi connectivity index (χ4n) is 5.05. The Labute approximate surface area is 178 Å². The second-order valence-electron chi connectivity index (χ2n) is 8.86. The van der Waals surface area contributed by atoms with Gasteiger partial charge in [-0.15, -0.1) is 0 Å². The molecular weight excluding hydrogens is 403 g/mol. The van der Waals surface area contributed by atoms with Crippen LogP contribution in [0.15, 0.2) is 24.3 Å². The summed E-state index contributed by atoms with van der Waals surface area (Å²) in [5, 5.41) is 12.4. The number of fused-ring (bicyclic) bond motifs is 4. The van der Waals surface area contributed by atoms with Crippen molar-refractivity contribution in [3.8, 4) is 11.5 Å². The van der Waals surface area contributed by atoms with Gasteiger partial charge in [-0.3, -0.25) is 9.69 Å². The van der Waals surface area contributed by atoms with Crippen molar-refractivity contribution in [1.29, 1.82) is 0 Å². The number of carbonyl (C=O) groups excluding carboxylic acids is 1. The van der Waals surface area contributed by atoms with Crippen molar-refractivity contribution in [2.45, 2.75) is 44.6 Å². The molecule has 2 N–H and O–H groups in total. The van der Waals surface area contributed by atoms with Crippen LogP contribution in [0.1, 0.15) is 48.6 Å². The Morgan fingerprint density at radius 1 is 1.23 bits per heavy atom. The summed E-state index contributed by atoms with van der Waals surface area (Å²) in [6, 6.07) is 5.43. The molecule has 0 unspecified atom stereocenters. The minimum Gasteiger partial charge on any atom is -0.465 e. The van der Waals surface area contributed by atoms with E-state index in [1.54, 1.807) is 18.2 Å². The first kappa shape index (κ1) is 19.7. The maximum Gasteiger partial charge on any atom is 0.408 e. The molecule has 8 heteroatoms. The van der Waals surface area contributed by atoms with Crippen molar-refractivity contribution in [1.82, 2.24) is 4.90 Å². The fourth-order valence-corrected chi connectivity index (χ4v) is 5.05. The topological polar surface area (TPSA) is 88.1 Å². The van der Waals surface area contributed by atoms with Gasteiger partial charge < -0.3 is 19.9 Å². The summed E-state index contributed by atoms with van der Waals surface area (Å²) in [6.45, 7) is 4.26. The molecule has 0 fully saturated rings. The zero-order chi connectivity index (χ0) is 21.9. The van der Waals surface area contributed by atoms with Crippen LogP contribution < -0.4 is 14.8 Å². The lowest BCUT2D eigenvalue weighted by Gasteiger charge is -2.34. The lowest BCUT2D eigenvalue weighted by molar-refractivity contribution is -0.121. The molecule has 0 saturated heterocycles. The van der Waals surface area contributed by atoms with E-state index in [9.17, 15) is 19.1 Å². The van der Waals surface area contributed by atoms with Crippen LogP contribution in [0.5, 0.6) is 11.5 Å². The summed E-state index contributed by atoms with van der Waals surface area (Å²) in [7, 11) is 0. The number of hydrogen-bond donors (Lipinski definition) is 2. The summed E-state index contributed by atoms with van der Waals surface area (Å²) < 4.78 is 25.8. The van der Waals surface area contributed by atoms with Crippen molar-refractivity contribution >= 4 is 17.7 Å². The number of rotatable bonds is 2. The predicted octanol–water partition coefficient (Wildman–Crippen LogP) is 3.99. The number of carboxylic acid groups (broad SMARTS) is 1. The number of amides is 2. The molecule has 7 nitrogen and oxygen atoms in total. The van der Waals surface area contributed by atoms with Gasteiger partial charge in [-0.25, -0.2) is 9.18 Å². The maximum atomic E-state index is 14.8. The Morgan fingerprint density at radius 2 is 2.03 bits per heavy atom. The quantitative estimate of drug-likeness (QED) is 0.758. The van der Waals surface area contributed by atoms with Crippen molar-refractivity contribution in [3.05, 3.63) is 52.3 Å². The van der Waals surface area contributed by atoms with Gasteiger partial charge in [-0.2, -0.15) is 0 Å². The van der Waals surface area contributed by atoms with Gasteiger partial charge in [0.15, 0.2) is 11.5 Å². The highest BCUT2D eigenvalue weighted by atomic mass is 19.1. The molecule has 0 radical (unpaired) electrons. The molecule has 0 bridgehead atoms. The number of benzene rings is 2. The molecular formula is C23H23FN2O5. The smallest absolute Gasteiger partial charge is 0.408 e. The van der Waals surface area contributed by atoms with E-state index in [1.165, 1.54) is 6.07 Å². The van der Waals surface area contributed by atoms with E-state index >= 15 is 0 Å². The first-order chi connectivity index (χ1) is 14.8. The van der Waals surface area contributed by atoms with Crippen molar-refractivity contribution in [3.63, 3.8) is 0 Å². The monoisotopic (exact) mass is 426 g/mol. The molecule has 1 aliphatic carbocycles. The Morgan fingerprint density at radius 3 is 2.81 bits per heavy atom. The number of nitrogens with zero attached hydrogens (tertiary/aromatic N) is 1. The van der Waals surface area contributed by atoms with Crippen LogP contribution in [0, 0.1) is 5.82 Å². The number of anilines is 1. The standard InChI is InChI=1S/C23H23FN2O5/c1-23(2)7-5-12-9-13(10-16(24)18(12)23)25-21(27)19-14-3-4-17-20(31-11-30-17)15(14)6-8-26(19)22(28)29/h3-4,9-10,19H,5-8,11H2,1-2H3,(H,25,27)(H,28,29)/t19-/m0/s1. The molecule has 2 amide bonds. The Kier molecular flexibility index (Phi) is 4.35. The normalized spacial score (nSPS) is 20.2. The second kappa shape index (κ2) is 6.87. The minimum absolute atomic E-state index is 0.0933. The molecule has 2 aromatic rings. The van der Waals surface area contributed by atoms with Crippen LogP contribution in [-0.4, -0.2) is 35.3 Å². The van der Waals surface area contributed by atoms with E-state index in [-0.39, 0.29) is 24.6 Å². The Hall–Kier alpha value is -3.29. The molecule has 1 atom stereocenters. The second-order valence-corrected chi connectivity index (χ2v) is 8.86. The third kappa shape index (κ3) is 3.08. The van der Waals surface area contributed by atoms with E-state index in [0.29, 0.717) is 34.7 Å². The van der Waals surface area contributed by atoms with E-state index in [2.05, 4.69) is 5.32 Å². The number of nitrogens with one attached hydrogen (secondary N) is 1. The van der Waals surface area contributed by atoms with Gasteiger partial charge in [-0.05, 0) is 59.6 Å². The summed E-state index contributed by atoms with van der Waals surface area (Å²) in [5.41, 5.74) is 2.98. The van der Waals surface area contributed by atoms with E-state index in [4.69, 9.17) is 9.47 Å². The number of aryl methyl sites for hydroxylation is 1. The molecule has 2 aromatic carbocycles. The van der Waals surface area contributed by atoms with E-state index in [0.717, 1.165) is 28.9 Å². The molecule has 2 heterocycles. The van der Waals surface area contributed by atoms with Crippen molar-refractivity contribution < 1.29 is 28.6 Å². The molecule has 2 aliphatic heterocycles. The number of hydrogen-bond acceptors (Lipinski definition) is 4. The highest BCUT2D eigenvalue weighted by Crippen LogP contribution is 2.44. The van der Waals surface area contributed by atoms with Crippen LogP contribution in [0.4, 0.5) is 14.9 Å². The van der Waals surface area contributed by atoms with Crippen LogP contribution in [0.25, 0.3) is 0 Å². The van der Waals surface area contributed by atoms with Gasteiger partial charge in [-0.1, -0.05) is 19.9 Å². The Balaban J connectivity index is 1.50. The van der Waals surface area contributed by atoms with Gasteiger partial charge >= 0.3 is 6.09 Å². The molecule has 31 heavy (non-hydrogen) atoms. The zero-order valence-electron chi connectivity index (χ0n) is 17.3. The summed E-state index contributed by atoms with van der Waals surface area (Å²) >= 11 is 0. The molecule has 0 saturated carbocycles. The van der Waals surface area contributed by atoms with Crippen LogP contribution in [-0.2, 0) is 23.1 Å². The highest BCUT2D eigenvalue weighted by Gasteiger charge is 2.39. The molecule has 0 aromatic heterocycles. The predicted molar refractivity (Wildman–Crippen MR) is 110 cm³/mol. The zero-order valence-corrected chi connectivity index (χ0v) is 17.3. The van der Waals surface area contributed by atoms with Gasteiger partial charge in [0.05, 0.1) is 0 Å². The van der Waals surface area contributed by atoms with Crippen molar-refractivity contribution in [2.75, 3.05) is 18.7 Å². The molecule has 3 aliphatic rings. The maximum absolute atomic E-state index is 14.8. The first-order valence-corrected chi connectivity index (χ1v) is 10.3. The third-order valence-corrected chi connectivity index (χ3v) is 6.52. The summed E-state index contributed by atoms with van der Waals surface area (Å²) in [4.78, 5) is 26.3. The van der Waals surface area contributed by atoms with Gasteiger partial charge in [0.25, 0.3) is 5.91 Å². The number of carbonyl (C=O) groups is 2. The minimum atomic E-state index is -1.19. The number of ether oxygens (including phenoxy) is 2. The number of halogens is 1. The average molecular weight is 426 g/mol. The lowest BCUT2D eigenvalue weighted by Crippen LogP contribution is -2.44. The summed E-state index contributed by atoms with van der Waals surface area (Å²) in [6.07, 6.45) is 0.804. The lowest BCUT2D eigenvalue weighted by atomic mass is 9.86. The van der Waals surface area contributed by atoms with Gasteiger partial charge in [0.2, 0.25) is 6.79 Å². The fraction of sp³-hybridized carbons (Fsp3) is 0.391. The molecule has 162 valence electrons. The van der Waals surface area contributed by atoms with Gasteiger partial charge in [0.1, 0.15) is 11.9 Å². The van der Waals surface area contributed by atoms with Crippen LogP contribution >= 0.6 is 0 Å². The van der Waals surface area contributed by atoms with Crippen LogP contribution in [0.2, 0.25) is 0 Å². The van der Waals surface area contributed by atoms with Crippen LogP contribution in [0.3, 0.4) is 0 Å². The largest absolute Gasteiger partial charge is 0.465 e.